The number of nitrogens with one attached hydrogen (secondary N) is 1. The summed E-state index contributed by atoms with van der Waals surface area (Å²) >= 11 is 0. The molecule has 160 valence electrons. The van der Waals surface area contributed by atoms with E-state index in [1.165, 1.54) is 12.1 Å². The molecule has 0 amide bonds. The smallest absolute Gasteiger partial charge is 0.137 e. The molecule has 4 aromatic carbocycles. The summed E-state index contributed by atoms with van der Waals surface area (Å²) in [5.41, 5.74) is 3.13. The molecule has 0 aliphatic rings. The monoisotopic (exact) mass is 444 g/mol. The molecule has 0 heterocycles. The minimum Gasteiger partial charge on any atom is -0.341 e. The van der Waals surface area contributed by atoms with Crippen LogP contribution in [0.15, 0.2) is 102 Å². The lowest BCUT2D eigenvalue weighted by Gasteiger charge is -2.23. The number of hydrogen-bond acceptors (Lipinski definition) is 1. The summed E-state index contributed by atoms with van der Waals surface area (Å²) in [5, 5.41) is 5.71. The van der Waals surface area contributed by atoms with E-state index in [4.69, 9.17) is 4.99 Å². The number of aliphatic imine (C=N–C) groups is 1. The molecule has 0 atom stereocenters. The van der Waals surface area contributed by atoms with E-state index >= 15 is 0 Å². The van der Waals surface area contributed by atoms with E-state index < -0.39 is 19.7 Å². The molecule has 0 aromatic heterocycles. The van der Waals surface area contributed by atoms with Crippen molar-refractivity contribution in [2.75, 3.05) is 0 Å². The second-order valence-electron chi connectivity index (χ2n) is 7.48. The van der Waals surface area contributed by atoms with Gasteiger partial charge in [0.1, 0.15) is 17.5 Å². The zero-order valence-corrected chi connectivity index (χ0v) is 18.8. The predicted octanol–water partition coefficient (Wildman–Crippen LogP) is 6.30. The number of para-hydroxylation sites is 1. The van der Waals surface area contributed by atoms with Crippen LogP contribution >= 0.6 is 8.07 Å². The molecule has 4 rings (SSSR count). The zero-order chi connectivity index (χ0) is 22.5. The summed E-state index contributed by atoms with van der Waals surface area (Å²) in [4.78, 5) is 4.89. The van der Waals surface area contributed by atoms with Crippen molar-refractivity contribution in [3.05, 3.63) is 125 Å². The Labute approximate surface area is 188 Å². The number of hydrogen-bond donors (Lipinski definition) is 1. The van der Waals surface area contributed by atoms with Crippen molar-refractivity contribution in [2.45, 2.75) is 13.8 Å². The van der Waals surface area contributed by atoms with Crippen molar-refractivity contribution >= 4 is 30.2 Å². The molecule has 1 N–H and O–H groups in total. The third kappa shape index (κ3) is 5.09. The molecule has 0 saturated heterocycles. The van der Waals surface area contributed by atoms with Crippen LogP contribution in [0, 0.1) is 25.5 Å². The van der Waals surface area contributed by atoms with Crippen LogP contribution in [-0.4, -0.2) is 5.84 Å². The van der Waals surface area contributed by atoms with E-state index in [1.807, 2.05) is 68.4 Å². The average Bonchev–Trinajstić information content (AvgIpc) is 2.79. The highest BCUT2D eigenvalue weighted by Gasteiger charge is 2.18. The van der Waals surface area contributed by atoms with Crippen LogP contribution in [0.4, 0.5) is 14.5 Å². The number of halogens is 2. The summed E-state index contributed by atoms with van der Waals surface area (Å²) < 4.78 is 28.3. The van der Waals surface area contributed by atoms with Gasteiger partial charge in [0.05, 0.1) is 13.8 Å². The van der Waals surface area contributed by atoms with Crippen LogP contribution in [0.3, 0.4) is 0 Å². The van der Waals surface area contributed by atoms with E-state index in [2.05, 4.69) is 29.4 Å². The summed E-state index contributed by atoms with van der Waals surface area (Å²) in [6, 6.07) is 29.5. The number of amidine groups is 1. The fourth-order valence-electron chi connectivity index (χ4n) is 3.48. The number of aryl methyl sites for hydroxylation is 2. The van der Waals surface area contributed by atoms with Gasteiger partial charge in [0, 0.05) is 22.2 Å². The highest BCUT2D eigenvalue weighted by molar-refractivity contribution is 7.71. The van der Waals surface area contributed by atoms with Gasteiger partial charge in [0.2, 0.25) is 0 Å². The molecule has 4 aromatic rings. The second kappa shape index (κ2) is 9.84. The number of benzene rings is 4. The standard InChI is InChI=1S/C27H23F2N2P/c1-19-10-9-11-20(2)26(19)30-27(21-16-22(28)18-23(29)17-21)31-32(24-12-5-3-6-13-24)25-14-7-4-8-15-25/h3-18H,1-2H3,(H,30,31). The first-order valence-electron chi connectivity index (χ1n) is 10.3. The molecule has 0 radical (unpaired) electrons. The van der Waals surface area contributed by atoms with Gasteiger partial charge in [-0.25, -0.2) is 13.8 Å². The normalized spacial score (nSPS) is 11.6. The maximum absolute atomic E-state index is 14.2. The fourth-order valence-corrected chi connectivity index (χ4v) is 5.36. The van der Waals surface area contributed by atoms with Crippen LogP contribution in [0.1, 0.15) is 16.7 Å². The van der Waals surface area contributed by atoms with Gasteiger partial charge in [-0.05, 0) is 37.1 Å². The van der Waals surface area contributed by atoms with Gasteiger partial charge in [-0.2, -0.15) is 0 Å². The number of rotatable bonds is 5. The largest absolute Gasteiger partial charge is 0.341 e. The van der Waals surface area contributed by atoms with Gasteiger partial charge < -0.3 is 5.09 Å². The molecule has 0 saturated carbocycles. The van der Waals surface area contributed by atoms with Crippen molar-refractivity contribution in [2.24, 2.45) is 4.99 Å². The Balaban J connectivity index is 1.88. The topological polar surface area (TPSA) is 24.4 Å². The van der Waals surface area contributed by atoms with Crippen LogP contribution in [0.2, 0.25) is 0 Å². The van der Waals surface area contributed by atoms with Crippen molar-refractivity contribution in [1.29, 1.82) is 0 Å². The Morgan fingerprint density at radius 2 is 1.19 bits per heavy atom. The van der Waals surface area contributed by atoms with Crippen LogP contribution in [0.25, 0.3) is 0 Å². The van der Waals surface area contributed by atoms with Gasteiger partial charge in [0.25, 0.3) is 0 Å². The minimum atomic E-state index is -1.07. The highest BCUT2D eigenvalue weighted by Crippen LogP contribution is 2.31. The fraction of sp³-hybridized carbons (Fsp3) is 0.0741. The lowest BCUT2D eigenvalue weighted by molar-refractivity contribution is 0.582. The van der Waals surface area contributed by atoms with Gasteiger partial charge >= 0.3 is 0 Å². The average molecular weight is 444 g/mol. The van der Waals surface area contributed by atoms with Gasteiger partial charge in [-0.15, -0.1) is 0 Å². The quantitative estimate of drug-likeness (QED) is 0.218. The lowest BCUT2D eigenvalue weighted by atomic mass is 10.1. The molecule has 5 heteroatoms. The molecule has 0 bridgehead atoms. The summed E-state index contributed by atoms with van der Waals surface area (Å²) in [7, 11) is -1.07. The predicted molar refractivity (Wildman–Crippen MR) is 131 cm³/mol. The highest BCUT2D eigenvalue weighted by atomic mass is 31.1. The Morgan fingerprint density at radius 3 is 1.69 bits per heavy atom. The second-order valence-corrected chi connectivity index (χ2v) is 9.40. The van der Waals surface area contributed by atoms with Crippen molar-refractivity contribution < 1.29 is 8.78 Å². The van der Waals surface area contributed by atoms with Crippen LogP contribution in [0.5, 0.6) is 0 Å². The van der Waals surface area contributed by atoms with Gasteiger partial charge in [-0.1, -0.05) is 78.9 Å². The molecule has 0 aliphatic carbocycles. The molecule has 0 spiro atoms. The van der Waals surface area contributed by atoms with E-state index in [-0.39, 0.29) is 0 Å². The van der Waals surface area contributed by atoms with E-state index in [9.17, 15) is 8.78 Å². The first kappa shape index (κ1) is 21.9. The molecule has 0 fully saturated rings. The Bertz CT molecular complexity index is 1160. The maximum atomic E-state index is 14.2. The van der Waals surface area contributed by atoms with E-state index in [1.54, 1.807) is 0 Å². The van der Waals surface area contributed by atoms with Crippen molar-refractivity contribution in [1.82, 2.24) is 5.09 Å². The Kier molecular flexibility index (Phi) is 6.72. The maximum Gasteiger partial charge on any atom is 0.137 e. The SMILES string of the molecule is Cc1cccc(C)c1N=C(NP(c1ccccc1)c1ccccc1)c1cc(F)cc(F)c1. The number of nitrogens with zero attached hydrogens (tertiary/aromatic N) is 1. The Morgan fingerprint density at radius 1 is 0.688 bits per heavy atom. The Hall–Kier alpha value is -3.36. The van der Waals surface area contributed by atoms with Crippen molar-refractivity contribution in [3.63, 3.8) is 0 Å². The first-order valence-corrected chi connectivity index (χ1v) is 11.6. The summed E-state index contributed by atoms with van der Waals surface area (Å²) in [6.07, 6.45) is 0. The summed E-state index contributed by atoms with van der Waals surface area (Å²) in [6.45, 7) is 3.96. The van der Waals surface area contributed by atoms with Crippen LogP contribution < -0.4 is 15.7 Å². The third-order valence-corrected chi connectivity index (χ3v) is 7.11. The third-order valence-electron chi connectivity index (χ3n) is 5.05. The molecule has 0 unspecified atom stereocenters. The van der Waals surface area contributed by atoms with Crippen molar-refractivity contribution in [3.8, 4) is 0 Å². The summed E-state index contributed by atoms with van der Waals surface area (Å²) in [5.74, 6) is -0.848. The van der Waals surface area contributed by atoms with E-state index in [0.717, 1.165) is 33.5 Å². The van der Waals surface area contributed by atoms with Crippen LogP contribution in [-0.2, 0) is 0 Å². The minimum absolute atomic E-state index is 0.365. The molecule has 2 nitrogen and oxygen atoms in total. The molecule has 32 heavy (non-hydrogen) atoms. The van der Waals surface area contributed by atoms with Gasteiger partial charge in [-0.3, -0.25) is 0 Å². The van der Waals surface area contributed by atoms with E-state index in [0.29, 0.717) is 11.4 Å². The lowest BCUT2D eigenvalue weighted by Crippen LogP contribution is -2.29. The first-order chi connectivity index (χ1) is 15.5. The molecular weight excluding hydrogens is 421 g/mol. The van der Waals surface area contributed by atoms with Gasteiger partial charge in [0.15, 0.2) is 0 Å². The molecule has 0 aliphatic heterocycles. The molecular formula is C27H23F2N2P. The zero-order valence-electron chi connectivity index (χ0n) is 17.9.